The molecule has 0 bridgehead atoms. The summed E-state index contributed by atoms with van der Waals surface area (Å²) in [5.41, 5.74) is 2.75. The number of hydrogen-bond donors (Lipinski definition) is 1. The number of nitrogens with one attached hydrogen (secondary N) is 1. The molecule has 0 saturated heterocycles. The Bertz CT molecular complexity index is 614. The van der Waals surface area contributed by atoms with Crippen molar-refractivity contribution in [2.24, 2.45) is 0 Å². The highest BCUT2D eigenvalue weighted by molar-refractivity contribution is 9.10. The van der Waals surface area contributed by atoms with E-state index in [-0.39, 0.29) is 5.69 Å². The van der Waals surface area contributed by atoms with Gasteiger partial charge in [-0.1, -0.05) is 31.2 Å². The Labute approximate surface area is 125 Å². The Morgan fingerprint density at radius 1 is 1.25 bits per heavy atom. The van der Waals surface area contributed by atoms with Crippen LogP contribution in [0, 0.1) is 10.1 Å². The molecular formula is C14H14BrN3O2. The number of nitro groups is 1. The molecule has 0 aliphatic rings. The number of anilines is 1. The van der Waals surface area contributed by atoms with E-state index in [0.29, 0.717) is 16.7 Å². The largest absolute Gasteiger partial charge is 0.374 e. The molecule has 0 aliphatic heterocycles. The molecule has 0 fully saturated rings. The Kier molecular flexibility index (Phi) is 4.68. The van der Waals surface area contributed by atoms with Gasteiger partial charge < -0.3 is 5.32 Å². The lowest BCUT2D eigenvalue weighted by atomic mass is 10.1. The first-order chi connectivity index (χ1) is 9.61. The van der Waals surface area contributed by atoms with Gasteiger partial charge in [-0.3, -0.25) is 15.1 Å². The third-order valence-electron chi connectivity index (χ3n) is 2.98. The van der Waals surface area contributed by atoms with Gasteiger partial charge in [-0.15, -0.1) is 0 Å². The average Bonchev–Trinajstić information content (AvgIpc) is 2.46. The molecule has 0 amide bonds. The maximum Gasteiger partial charge on any atom is 0.311 e. The van der Waals surface area contributed by atoms with Gasteiger partial charge in [0.15, 0.2) is 0 Å². The number of aryl methyl sites for hydroxylation is 1. The van der Waals surface area contributed by atoms with E-state index in [0.717, 1.165) is 12.0 Å². The van der Waals surface area contributed by atoms with Crippen LogP contribution in [0.5, 0.6) is 0 Å². The van der Waals surface area contributed by atoms with Gasteiger partial charge in [-0.2, -0.15) is 0 Å². The highest BCUT2D eigenvalue weighted by Gasteiger charge is 2.16. The maximum atomic E-state index is 11.0. The molecule has 20 heavy (non-hydrogen) atoms. The smallest absolute Gasteiger partial charge is 0.311 e. The van der Waals surface area contributed by atoms with Crippen LogP contribution in [0.1, 0.15) is 18.1 Å². The van der Waals surface area contributed by atoms with E-state index >= 15 is 0 Å². The van der Waals surface area contributed by atoms with E-state index in [2.05, 4.69) is 45.3 Å². The van der Waals surface area contributed by atoms with Crippen molar-refractivity contribution in [2.45, 2.75) is 19.9 Å². The summed E-state index contributed by atoms with van der Waals surface area (Å²) in [4.78, 5) is 14.3. The van der Waals surface area contributed by atoms with Gasteiger partial charge in [-0.05, 0) is 33.5 Å². The molecule has 0 spiro atoms. The summed E-state index contributed by atoms with van der Waals surface area (Å²) in [6.07, 6.45) is 3.78. The lowest BCUT2D eigenvalue weighted by Crippen LogP contribution is -2.04. The fraction of sp³-hybridized carbons (Fsp3) is 0.214. The van der Waals surface area contributed by atoms with Crippen LogP contribution >= 0.6 is 15.9 Å². The van der Waals surface area contributed by atoms with Crippen LogP contribution in [0.4, 0.5) is 11.4 Å². The van der Waals surface area contributed by atoms with E-state index in [1.54, 1.807) is 0 Å². The van der Waals surface area contributed by atoms with Crippen molar-refractivity contribution >= 4 is 27.3 Å². The molecule has 0 radical (unpaired) electrons. The van der Waals surface area contributed by atoms with Crippen molar-refractivity contribution in [3.05, 3.63) is 62.4 Å². The number of nitrogens with zero attached hydrogens (tertiary/aromatic N) is 2. The Balaban J connectivity index is 2.16. The van der Waals surface area contributed by atoms with Crippen LogP contribution in [0.3, 0.4) is 0 Å². The molecule has 1 aromatic carbocycles. The number of aromatic nitrogens is 1. The Morgan fingerprint density at radius 2 is 1.90 bits per heavy atom. The van der Waals surface area contributed by atoms with E-state index in [9.17, 15) is 10.1 Å². The van der Waals surface area contributed by atoms with Gasteiger partial charge in [-0.25, -0.2) is 0 Å². The van der Waals surface area contributed by atoms with Gasteiger partial charge >= 0.3 is 5.69 Å². The SMILES string of the molecule is CCc1ccc(CNc2c(Br)cncc2[N+](=O)[O-])cc1. The fourth-order valence-corrected chi connectivity index (χ4v) is 2.28. The zero-order valence-electron chi connectivity index (χ0n) is 11.0. The Morgan fingerprint density at radius 3 is 2.50 bits per heavy atom. The third kappa shape index (κ3) is 3.33. The minimum Gasteiger partial charge on any atom is -0.374 e. The summed E-state index contributed by atoms with van der Waals surface area (Å²) in [5, 5.41) is 14.1. The van der Waals surface area contributed by atoms with Crippen LogP contribution in [0.2, 0.25) is 0 Å². The predicted octanol–water partition coefficient (Wildman–Crippen LogP) is 3.93. The monoisotopic (exact) mass is 335 g/mol. The van der Waals surface area contributed by atoms with E-state index < -0.39 is 4.92 Å². The predicted molar refractivity (Wildman–Crippen MR) is 81.7 cm³/mol. The molecule has 2 rings (SSSR count). The molecular weight excluding hydrogens is 322 g/mol. The maximum absolute atomic E-state index is 11.0. The van der Waals surface area contributed by atoms with Gasteiger partial charge in [0.2, 0.25) is 0 Å². The topological polar surface area (TPSA) is 68.1 Å². The van der Waals surface area contributed by atoms with E-state index in [1.807, 2.05) is 12.1 Å². The van der Waals surface area contributed by atoms with E-state index in [4.69, 9.17) is 0 Å². The summed E-state index contributed by atoms with van der Waals surface area (Å²) in [7, 11) is 0. The number of benzene rings is 1. The molecule has 1 N–H and O–H groups in total. The fourth-order valence-electron chi connectivity index (χ4n) is 1.82. The highest BCUT2D eigenvalue weighted by atomic mass is 79.9. The minimum atomic E-state index is -0.444. The molecule has 1 heterocycles. The summed E-state index contributed by atoms with van der Waals surface area (Å²) in [6.45, 7) is 2.62. The van der Waals surface area contributed by atoms with Crippen molar-refractivity contribution in [1.29, 1.82) is 0 Å². The first-order valence-electron chi connectivity index (χ1n) is 6.21. The second kappa shape index (κ2) is 6.47. The van der Waals surface area contributed by atoms with Crippen molar-refractivity contribution < 1.29 is 4.92 Å². The normalized spacial score (nSPS) is 10.3. The average molecular weight is 336 g/mol. The third-order valence-corrected chi connectivity index (χ3v) is 3.58. The molecule has 0 aliphatic carbocycles. The molecule has 6 heteroatoms. The number of halogens is 1. The van der Waals surface area contributed by atoms with Crippen LogP contribution < -0.4 is 5.32 Å². The first kappa shape index (κ1) is 14.5. The minimum absolute atomic E-state index is 0.0375. The van der Waals surface area contributed by atoms with Gasteiger partial charge in [0.1, 0.15) is 11.9 Å². The van der Waals surface area contributed by atoms with Crippen LogP contribution in [-0.4, -0.2) is 9.91 Å². The van der Waals surface area contributed by atoms with E-state index in [1.165, 1.54) is 18.0 Å². The van der Waals surface area contributed by atoms with Crippen molar-refractivity contribution in [3.63, 3.8) is 0 Å². The van der Waals surface area contributed by atoms with Crippen molar-refractivity contribution in [2.75, 3.05) is 5.32 Å². The molecule has 1 aromatic heterocycles. The Hall–Kier alpha value is -1.95. The zero-order valence-corrected chi connectivity index (χ0v) is 12.6. The number of hydrogen-bond acceptors (Lipinski definition) is 4. The van der Waals surface area contributed by atoms with Gasteiger partial charge in [0.25, 0.3) is 0 Å². The van der Waals surface area contributed by atoms with Gasteiger partial charge in [0.05, 0.1) is 9.40 Å². The lowest BCUT2D eigenvalue weighted by Gasteiger charge is -2.09. The molecule has 0 atom stereocenters. The summed E-state index contributed by atoms with van der Waals surface area (Å²) >= 11 is 3.28. The standard InChI is InChI=1S/C14H14BrN3O2/c1-2-10-3-5-11(6-4-10)7-17-14-12(15)8-16-9-13(14)18(19)20/h3-6,8-9H,2,7H2,1H3,(H,16,17). The summed E-state index contributed by atoms with van der Waals surface area (Å²) in [6, 6.07) is 8.17. The van der Waals surface area contributed by atoms with Crippen LogP contribution in [0.25, 0.3) is 0 Å². The number of pyridine rings is 1. The summed E-state index contributed by atoms with van der Waals surface area (Å²) < 4.78 is 0.580. The molecule has 104 valence electrons. The second-order valence-corrected chi connectivity index (χ2v) is 5.15. The quantitative estimate of drug-likeness (QED) is 0.664. The second-order valence-electron chi connectivity index (χ2n) is 4.30. The molecule has 0 saturated carbocycles. The first-order valence-corrected chi connectivity index (χ1v) is 7.00. The van der Waals surface area contributed by atoms with Crippen molar-refractivity contribution in [3.8, 4) is 0 Å². The molecule has 0 unspecified atom stereocenters. The summed E-state index contributed by atoms with van der Waals surface area (Å²) in [5.74, 6) is 0. The van der Waals surface area contributed by atoms with Gasteiger partial charge in [0, 0.05) is 12.7 Å². The zero-order chi connectivity index (χ0) is 14.5. The van der Waals surface area contributed by atoms with Crippen LogP contribution in [0.15, 0.2) is 41.1 Å². The molecule has 2 aromatic rings. The van der Waals surface area contributed by atoms with Crippen molar-refractivity contribution in [1.82, 2.24) is 4.98 Å². The highest BCUT2D eigenvalue weighted by Crippen LogP contribution is 2.31. The lowest BCUT2D eigenvalue weighted by molar-refractivity contribution is -0.384. The molecule has 5 nitrogen and oxygen atoms in total. The number of rotatable bonds is 5. The van der Waals surface area contributed by atoms with Crippen LogP contribution in [-0.2, 0) is 13.0 Å².